The van der Waals surface area contributed by atoms with Crippen LogP contribution in [0.1, 0.15) is 12.6 Å². The number of benzene rings is 1. The second-order valence-electron chi connectivity index (χ2n) is 4.15. The number of nitro benzene ring substituents is 1. The molecule has 20 heavy (non-hydrogen) atoms. The Bertz CT molecular complexity index is 641. The summed E-state index contributed by atoms with van der Waals surface area (Å²) in [6.45, 7) is 2.83. The Hall–Kier alpha value is -2.44. The van der Waals surface area contributed by atoms with Crippen LogP contribution in [-0.4, -0.2) is 9.49 Å². The van der Waals surface area contributed by atoms with Gasteiger partial charge < -0.3 is 9.88 Å². The third-order valence-corrected chi connectivity index (χ3v) is 2.98. The highest BCUT2D eigenvalue weighted by Gasteiger charge is 2.21. The third-order valence-electron chi connectivity index (χ3n) is 2.98. The van der Waals surface area contributed by atoms with Gasteiger partial charge in [-0.1, -0.05) is 0 Å². The number of anilines is 1. The Labute approximate surface area is 114 Å². The minimum atomic E-state index is -1.24. The Morgan fingerprint density at radius 2 is 2.10 bits per heavy atom. The molecule has 0 saturated heterocycles. The monoisotopic (exact) mass is 281 g/mol. The highest BCUT2D eigenvalue weighted by Crippen LogP contribution is 2.29. The molecule has 0 fully saturated rings. The Morgan fingerprint density at radius 3 is 2.75 bits per heavy atom. The van der Waals surface area contributed by atoms with Crippen molar-refractivity contribution < 1.29 is 13.7 Å². The number of aromatic nitrogens is 1. The van der Waals surface area contributed by atoms with E-state index >= 15 is 0 Å². The first kappa shape index (κ1) is 14.0. The van der Waals surface area contributed by atoms with E-state index in [1.807, 2.05) is 23.8 Å². The van der Waals surface area contributed by atoms with Gasteiger partial charge in [0.1, 0.15) is 0 Å². The lowest BCUT2D eigenvalue weighted by atomic mass is 10.2. The zero-order chi connectivity index (χ0) is 14.7. The molecule has 2 aromatic rings. The summed E-state index contributed by atoms with van der Waals surface area (Å²) in [5.41, 5.74) is -0.0946. The molecule has 0 amide bonds. The first-order chi connectivity index (χ1) is 9.54. The number of nitro groups is 1. The standard InChI is InChI=1S/C13H13F2N3O2/c1-2-17-7-3-4-9(17)8-16-13-11(18(19)20)6-5-10(14)12(13)15/h3-7,16H,2,8H2,1H3. The minimum Gasteiger partial charge on any atom is -0.371 e. The number of hydrogen-bond donors (Lipinski definition) is 1. The number of hydrogen-bond acceptors (Lipinski definition) is 3. The highest BCUT2D eigenvalue weighted by atomic mass is 19.2. The van der Waals surface area contributed by atoms with Crippen LogP contribution >= 0.6 is 0 Å². The summed E-state index contributed by atoms with van der Waals surface area (Å²) in [6, 6.07) is 5.31. The zero-order valence-electron chi connectivity index (χ0n) is 10.8. The van der Waals surface area contributed by atoms with Crippen LogP contribution in [0.5, 0.6) is 0 Å². The van der Waals surface area contributed by atoms with Gasteiger partial charge in [-0.3, -0.25) is 10.1 Å². The van der Waals surface area contributed by atoms with Crippen LogP contribution in [0.15, 0.2) is 30.5 Å². The fourth-order valence-electron chi connectivity index (χ4n) is 1.96. The van der Waals surface area contributed by atoms with Gasteiger partial charge in [0.25, 0.3) is 5.69 Å². The molecule has 0 aliphatic heterocycles. The number of rotatable bonds is 5. The van der Waals surface area contributed by atoms with Crippen molar-refractivity contribution in [2.24, 2.45) is 0 Å². The lowest BCUT2D eigenvalue weighted by Gasteiger charge is -2.10. The zero-order valence-corrected chi connectivity index (χ0v) is 10.8. The number of aryl methyl sites for hydroxylation is 1. The molecule has 2 rings (SSSR count). The van der Waals surface area contributed by atoms with E-state index in [0.29, 0.717) is 0 Å². The molecule has 0 aliphatic rings. The summed E-state index contributed by atoms with van der Waals surface area (Å²) in [4.78, 5) is 10.1. The van der Waals surface area contributed by atoms with Crippen LogP contribution in [0.25, 0.3) is 0 Å². The van der Waals surface area contributed by atoms with Crippen molar-refractivity contribution in [1.29, 1.82) is 0 Å². The van der Waals surface area contributed by atoms with E-state index < -0.39 is 27.9 Å². The Morgan fingerprint density at radius 1 is 1.35 bits per heavy atom. The maximum Gasteiger partial charge on any atom is 0.295 e. The molecule has 1 aromatic heterocycles. The maximum atomic E-state index is 13.7. The largest absolute Gasteiger partial charge is 0.371 e. The normalized spacial score (nSPS) is 10.6. The van der Waals surface area contributed by atoms with Crippen LogP contribution in [0.3, 0.4) is 0 Å². The summed E-state index contributed by atoms with van der Waals surface area (Å²) < 4.78 is 28.8. The van der Waals surface area contributed by atoms with E-state index in [9.17, 15) is 18.9 Å². The van der Waals surface area contributed by atoms with E-state index in [-0.39, 0.29) is 6.54 Å². The summed E-state index contributed by atoms with van der Waals surface area (Å²) in [6.07, 6.45) is 1.84. The summed E-state index contributed by atoms with van der Waals surface area (Å²) in [7, 11) is 0. The van der Waals surface area contributed by atoms with Crippen molar-refractivity contribution in [1.82, 2.24) is 4.57 Å². The van der Waals surface area contributed by atoms with Gasteiger partial charge in [-0.25, -0.2) is 8.78 Å². The fourth-order valence-corrected chi connectivity index (χ4v) is 1.96. The van der Waals surface area contributed by atoms with Gasteiger partial charge in [-0.15, -0.1) is 0 Å². The van der Waals surface area contributed by atoms with E-state index in [0.717, 1.165) is 24.4 Å². The van der Waals surface area contributed by atoms with E-state index in [1.165, 1.54) is 0 Å². The minimum absolute atomic E-state index is 0.169. The van der Waals surface area contributed by atoms with Crippen LogP contribution < -0.4 is 5.32 Å². The van der Waals surface area contributed by atoms with Crippen LogP contribution in [0, 0.1) is 21.7 Å². The molecule has 0 spiro atoms. The quantitative estimate of drug-likeness (QED) is 0.675. The van der Waals surface area contributed by atoms with Gasteiger partial charge in [0.15, 0.2) is 17.3 Å². The number of nitrogens with one attached hydrogen (secondary N) is 1. The molecule has 0 bridgehead atoms. The number of halogens is 2. The second kappa shape index (κ2) is 5.68. The third kappa shape index (κ3) is 2.61. The maximum absolute atomic E-state index is 13.7. The van der Waals surface area contributed by atoms with E-state index in [4.69, 9.17) is 0 Å². The van der Waals surface area contributed by atoms with Gasteiger partial charge in [0, 0.05) is 24.5 Å². The average Bonchev–Trinajstić information content (AvgIpc) is 2.87. The average molecular weight is 281 g/mol. The summed E-state index contributed by atoms with van der Waals surface area (Å²) in [5, 5.41) is 13.4. The van der Waals surface area contributed by atoms with Crippen molar-refractivity contribution in [3.63, 3.8) is 0 Å². The molecule has 106 valence electrons. The SMILES string of the molecule is CCn1cccc1CNc1c([N+](=O)[O-])ccc(F)c1F. The summed E-state index contributed by atoms with van der Waals surface area (Å²) >= 11 is 0. The lowest BCUT2D eigenvalue weighted by Crippen LogP contribution is -2.09. The van der Waals surface area contributed by atoms with Crippen LogP contribution in [0.2, 0.25) is 0 Å². The molecular weight excluding hydrogens is 268 g/mol. The molecule has 7 heteroatoms. The smallest absolute Gasteiger partial charge is 0.295 e. The van der Waals surface area contributed by atoms with Crippen molar-refractivity contribution >= 4 is 11.4 Å². The highest BCUT2D eigenvalue weighted by molar-refractivity contribution is 5.62. The molecule has 0 unspecified atom stereocenters. The molecule has 0 aliphatic carbocycles. The van der Waals surface area contributed by atoms with Crippen molar-refractivity contribution in [2.75, 3.05) is 5.32 Å². The molecule has 1 N–H and O–H groups in total. The van der Waals surface area contributed by atoms with Gasteiger partial charge >= 0.3 is 0 Å². The first-order valence-corrected chi connectivity index (χ1v) is 6.04. The molecular formula is C13H13F2N3O2. The lowest BCUT2D eigenvalue weighted by molar-refractivity contribution is -0.384. The Balaban J connectivity index is 2.29. The van der Waals surface area contributed by atoms with E-state index in [2.05, 4.69) is 5.32 Å². The summed E-state index contributed by atoms with van der Waals surface area (Å²) in [5.74, 6) is -2.36. The van der Waals surface area contributed by atoms with Gasteiger partial charge in [-0.2, -0.15) is 0 Å². The van der Waals surface area contributed by atoms with Crippen LogP contribution in [-0.2, 0) is 13.1 Å². The van der Waals surface area contributed by atoms with Gasteiger partial charge in [-0.05, 0) is 25.1 Å². The second-order valence-corrected chi connectivity index (χ2v) is 4.15. The molecule has 5 nitrogen and oxygen atoms in total. The first-order valence-electron chi connectivity index (χ1n) is 6.04. The number of nitrogens with zero attached hydrogens (tertiary/aromatic N) is 2. The predicted molar refractivity (Wildman–Crippen MR) is 70.4 cm³/mol. The van der Waals surface area contributed by atoms with Crippen molar-refractivity contribution in [3.8, 4) is 0 Å². The molecule has 1 heterocycles. The van der Waals surface area contributed by atoms with Crippen molar-refractivity contribution in [3.05, 3.63) is 57.9 Å². The predicted octanol–water partition coefficient (Wildman–Crippen LogP) is 3.31. The van der Waals surface area contributed by atoms with Crippen molar-refractivity contribution in [2.45, 2.75) is 20.0 Å². The molecule has 0 radical (unpaired) electrons. The Kier molecular flexibility index (Phi) is 3.97. The van der Waals surface area contributed by atoms with Crippen LogP contribution in [0.4, 0.5) is 20.2 Å². The van der Waals surface area contributed by atoms with E-state index in [1.54, 1.807) is 6.07 Å². The molecule has 0 atom stereocenters. The van der Waals surface area contributed by atoms with Gasteiger partial charge in [0.2, 0.25) is 0 Å². The topological polar surface area (TPSA) is 60.1 Å². The van der Waals surface area contributed by atoms with Gasteiger partial charge in [0.05, 0.1) is 11.5 Å². The molecule has 0 saturated carbocycles. The fraction of sp³-hybridized carbons (Fsp3) is 0.231. The molecule has 1 aromatic carbocycles.